The van der Waals surface area contributed by atoms with Crippen molar-refractivity contribution in [2.24, 2.45) is 0 Å². The Morgan fingerprint density at radius 1 is 1.56 bits per heavy atom. The molecule has 0 radical (unpaired) electrons. The highest BCUT2D eigenvalue weighted by molar-refractivity contribution is 7.99. The standard InChI is InChI=1S/C11H16N2O4S/c1-3-8-6-12-11(18-7-9(14)15)13(8)5-4-10(16)17-2/h6H,3-5,7H2,1-2H3,(H,14,15). The third kappa shape index (κ3) is 4.06. The molecule has 0 unspecified atom stereocenters. The first-order valence-electron chi connectivity index (χ1n) is 5.54. The number of carboxylic acids is 1. The van der Waals surface area contributed by atoms with Gasteiger partial charge >= 0.3 is 11.9 Å². The smallest absolute Gasteiger partial charge is 0.313 e. The number of carbonyl (C=O) groups excluding carboxylic acids is 1. The third-order valence-electron chi connectivity index (χ3n) is 2.36. The molecule has 0 amide bonds. The molecule has 1 aromatic heterocycles. The predicted octanol–water partition coefficient (Wildman–Crippen LogP) is 1.19. The number of aliphatic carboxylic acids is 1. The number of imidazole rings is 1. The van der Waals surface area contributed by atoms with Crippen molar-refractivity contribution < 1.29 is 19.4 Å². The minimum absolute atomic E-state index is 0.0433. The molecule has 7 heteroatoms. The lowest BCUT2D eigenvalue weighted by atomic mass is 10.3. The number of aryl methyl sites for hydroxylation is 1. The molecule has 0 atom stereocenters. The van der Waals surface area contributed by atoms with Gasteiger partial charge in [-0.1, -0.05) is 18.7 Å². The summed E-state index contributed by atoms with van der Waals surface area (Å²) in [5.41, 5.74) is 0.979. The van der Waals surface area contributed by atoms with Gasteiger partial charge in [0.25, 0.3) is 0 Å². The molecule has 1 aromatic rings. The predicted molar refractivity (Wildman–Crippen MR) is 66.6 cm³/mol. The van der Waals surface area contributed by atoms with Crippen LogP contribution in [0.5, 0.6) is 0 Å². The molecule has 1 N–H and O–H groups in total. The zero-order chi connectivity index (χ0) is 13.5. The Hall–Kier alpha value is -1.50. The van der Waals surface area contributed by atoms with Crippen molar-refractivity contribution in [3.8, 4) is 0 Å². The molecule has 0 aliphatic rings. The monoisotopic (exact) mass is 272 g/mol. The van der Waals surface area contributed by atoms with Crippen LogP contribution in [0, 0.1) is 0 Å². The molecular weight excluding hydrogens is 256 g/mol. The van der Waals surface area contributed by atoms with Gasteiger partial charge in [0.05, 0.1) is 19.3 Å². The van der Waals surface area contributed by atoms with Crippen LogP contribution in [0.25, 0.3) is 0 Å². The van der Waals surface area contributed by atoms with Crippen LogP contribution < -0.4 is 0 Å². The first kappa shape index (κ1) is 14.6. The summed E-state index contributed by atoms with van der Waals surface area (Å²) in [5.74, 6) is -1.22. The fourth-order valence-electron chi connectivity index (χ4n) is 1.46. The topological polar surface area (TPSA) is 81.4 Å². The van der Waals surface area contributed by atoms with Crippen molar-refractivity contribution in [3.05, 3.63) is 11.9 Å². The van der Waals surface area contributed by atoms with Crippen LogP contribution in [0.3, 0.4) is 0 Å². The summed E-state index contributed by atoms with van der Waals surface area (Å²) in [7, 11) is 1.34. The van der Waals surface area contributed by atoms with Crippen molar-refractivity contribution >= 4 is 23.7 Å². The van der Waals surface area contributed by atoms with Gasteiger partial charge in [0.2, 0.25) is 0 Å². The average Bonchev–Trinajstić information content (AvgIpc) is 2.75. The third-order valence-corrected chi connectivity index (χ3v) is 3.33. The molecule has 0 aliphatic carbocycles. The van der Waals surface area contributed by atoms with E-state index in [0.29, 0.717) is 11.7 Å². The van der Waals surface area contributed by atoms with E-state index in [-0.39, 0.29) is 18.1 Å². The number of hydrogen-bond acceptors (Lipinski definition) is 5. The Morgan fingerprint density at radius 2 is 2.28 bits per heavy atom. The van der Waals surface area contributed by atoms with Gasteiger partial charge < -0.3 is 14.4 Å². The van der Waals surface area contributed by atoms with Gasteiger partial charge in [-0.3, -0.25) is 9.59 Å². The Bertz CT molecular complexity index is 431. The molecule has 1 rings (SSSR count). The zero-order valence-electron chi connectivity index (χ0n) is 10.4. The Morgan fingerprint density at radius 3 is 2.83 bits per heavy atom. The molecule has 100 valence electrons. The Kier molecular flexibility index (Phi) is 5.70. The normalized spacial score (nSPS) is 10.3. The van der Waals surface area contributed by atoms with E-state index in [9.17, 15) is 9.59 Å². The van der Waals surface area contributed by atoms with Crippen molar-refractivity contribution in [1.82, 2.24) is 9.55 Å². The van der Waals surface area contributed by atoms with Crippen LogP contribution in [0.2, 0.25) is 0 Å². The summed E-state index contributed by atoms with van der Waals surface area (Å²) in [6.45, 7) is 2.44. The molecule has 0 aliphatic heterocycles. The van der Waals surface area contributed by atoms with Crippen LogP contribution in [-0.2, 0) is 27.3 Å². The number of methoxy groups -OCH3 is 1. The molecule has 0 spiro atoms. The summed E-state index contributed by atoms with van der Waals surface area (Å²) in [4.78, 5) is 25.8. The molecule has 0 fully saturated rings. The molecular formula is C11H16N2O4S. The SMILES string of the molecule is CCc1cnc(SCC(=O)O)n1CCC(=O)OC. The highest BCUT2D eigenvalue weighted by Crippen LogP contribution is 2.19. The van der Waals surface area contributed by atoms with Gasteiger partial charge in [-0.25, -0.2) is 4.98 Å². The molecule has 1 heterocycles. The van der Waals surface area contributed by atoms with E-state index < -0.39 is 5.97 Å². The fourth-order valence-corrected chi connectivity index (χ4v) is 2.20. The van der Waals surface area contributed by atoms with Crippen LogP contribution in [0.4, 0.5) is 0 Å². The number of nitrogens with zero attached hydrogens (tertiary/aromatic N) is 2. The molecule has 0 bridgehead atoms. The maximum atomic E-state index is 11.1. The van der Waals surface area contributed by atoms with Crippen LogP contribution in [0.1, 0.15) is 19.0 Å². The fraction of sp³-hybridized carbons (Fsp3) is 0.545. The highest BCUT2D eigenvalue weighted by Gasteiger charge is 2.12. The average molecular weight is 272 g/mol. The number of carboxylic acid groups (broad SMARTS) is 1. The van der Waals surface area contributed by atoms with E-state index in [1.54, 1.807) is 6.20 Å². The maximum Gasteiger partial charge on any atom is 0.313 e. The summed E-state index contributed by atoms with van der Waals surface area (Å²) in [6.07, 6.45) is 2.74. The number of hydrogen-bond donors (Lipinski definition) is 1. The lowest BCUT2D eigenvalue weighted by molar-refractivity contribution is -0.141. The number of ether oxygens (including phenoxy) is 1. The second-order valence-electron chi connectivity index (χ2n) is 3.55. The minimum Gasteiger partial charge on any atom is -0.481 e. The number of esters is 1. The van der Waals surface area contributed by atoms with Crippen LogP contribution >= 0.6 is 11.8 Å². The van der Waals surface area contributed by atoms with E-state index in [1.807, 2.05) is 11.5 Å². The van der Waals surface area contributed by atoms with E-state index in [4.69, 9.17) is 5.11 Å². The van der Waals surface area contributed by atoms with Gasteiger partial charge in [0.15, 0.2) is 5.16 Å². The van der Waals surface area contributed by atoms with Crippen molar-refractivity contribution in [1.29, 1.82) is 0 Å². The Labute approximate surface area is 109 Å². The minimum atomic E-state index is -0.888. The summed E-state index contributed by atoms with van der Waals surface area (Å²) >= 11 is 1.15. The van der Waals surface area contributed by atoms with Gasteiger partial charge in [0, 0.05) is 18.4 Å². The molecule has 18 heavy (non-hydrogen) atoms. The van der Waals surface area contributed by atoms with Crippen molar-refractivity contribution in [2.75, 3.05) is 12.9 Å². The second-order valence-corrected chi connectivity index (χ2v) is 4.49. The molecule has 0 saturated heterocycles. The van der Waals surface area contributed by atoms with E-state index in [0.717, 1.165) is 23.9 Å². The Balaban J connectivity index is 2.74. The molecule has 6 nitrogen and oxygen atoms in total. The summed E-state index contributed by atoms with van der Waals surface area (Å²) in [6, 6.07) is 0. The van der Waals surface area contributed by atoms with Crippen LogP contribution in [0.15, 0.2) is 11.4 Å². The van der Waals surface area contributed by atoms with Crippen molar-refractivity contribution in [3.63, 3.8) is 0 Å². The molecule has 0 aromatic carbocycles. The van der Waals surface area contributed by atoms with Crippen LogP contribution in [-0.4, -0.2) is 39.5 Å². The largest absolute Gasteiger partial charge is 0.481 e. The highest BCUT2D eigenvalue weighted by atomic mass is 32.2. The molecule has 0 saturated carbocycles. The number of thioether (sulfide) groups is 1. The number of aromatic nitrogens is 2. The first-order valence-corrected chi connectivity index (χ1v) is 6.52. The summed E-state index contributed by atoms with van der Waals surface area (Å²) in [5, 5.41) is 9.28. The number of carbonyl (C=O) groups is 2. The lowest BCUT2D eigenvalue weighted by Crippen LogP contribution is -2.10. The zero-order valence-corrected chi connectivity index (χ0v) is 11.2. The number of rotatable bonds is 7. The lowest BCUT2D eigenvalue weighted by Gasteiger charge is -2.09. The van der Waals surface area contributed by atoms with E-state index >= 15 is 0 Å². The van der Waals surface area contributed by atoms with Gasteiger partial charge in [-0.05, 0) is 6.42 Å². The van der Waals surface area contributed by atoms with E-state index in [2.05, 4.69) is 9.72 Å². The maximum absolute atomic E-state index is 11.1. The van der Waals surface area contributed by atoms with Gasteiger partial charge in [-0.15, -0.1) is 0 Å². The first-order chi connectivity index (χ1) is 8.58. The van der Waals surface area contributed by atoms with Gasteiger partial charge in [-0.2, -0.15) is 0 Å². The van der Waals surface area contributed by atoms with Gasteiger partial charge in [0.1, 0.15) is 0 Å². The summed E-state index contributed by atoms with van der Waals surface area (Å²) < 4.78 is 6.45. The quantitative estimate of drug-likeness (QED) is 0.593. The van der Waals surface area contributed by atoms with Crippen molar-refractivity contribution in [2.45, 2.75) is 31.5 Å². The van der Waals surface area contributed by atoms with E-state index in [1.165, 1.54) is 7.11 Å². The second kappa shape index (κ2) is 7.05.